The molecule has 1 aromatic heterocycles. The Morgan fingerprint density at radius 1 is 1.18 bits per heavy atom. The van der Waals surface area contributed by atoms with Gasteiger partial charge in [0.15, 0.2) is 5.96 Å². The van der Waals surface area contributed by atoms with Gasteiger partial charge in [-0.25, -0.2) is 4.98 Å². The van der Waals surface area contributed by atoms with Gasteiger partial charge in [-0.1, -0.05) is 6.07 Å². The van der Waals surface area contributed by atoms with Gasteiger partial charge >= 0.3 is 0 Å². The zero-order valence-corrected chi connectivity index (χ0v) is 16.2. The van der Waals surface area contributed by atoms with Crippen LogP contribution in [-0.4, -0.2) is 43.4 Å². The van der Waals surface area contributed by atoms with Crippen LogP contribution in [0.1, 0.15) is 24.8 Å². The van der Waals surface area contributed by atoms with E-state index in [4.69, 9.17) is 14.2 Å². The Morgan fingerprint density at radius 2 is 2.00 bits per heavy atom. The molecule has 3 atom stereocenters. The first-order valence-electron chi connectivity index (χ1n) is 9.63. The monoisotopic (exact) mass is 382 g/mol. The van der Waals surface area contributed by atoms with Crippen LogP contribution in [0.2, 0.25) is 0 Å². The second-order valence-electron chi connectivity index (χ2n) is 7.07. The van der Waals surface area contributed by atoms with Gasteiger partial charge in [0, 0.05) is 25.9 Å². The number of aliphatic imine (C=N–C) groups is 1. The van der Waals surface area contributed by atoms with Gasteiger partial charge in [0.05, 0.1) is 25.4 Å². The maximum absolute atomic E-state index is 5.89. The number of aromatic nitrogens is 1. The minimum absolute atomic E-state index is 0.319. The molecule has 7 nitrogen and oxygen atoms in total. The first kappa shape index (κ1) is 18.6. The predicted octanol–water partition coefficient (Wildman–Crippen LogP) is 2.87. The zero-order chi connectivity index (χ0) is 19.3. The SMILES string of the molecule is CN=C(NCc1ccc(Oc2ccc(OC)cc2)nc1)NC1CC2CCC1O2. The van der Waals surface area contributed by atoms with Crippen LogP contribution in [0.5, 0.6) is 17.4 Å². The van der Waals surface area contributed by atoms with Gasteiger partial charge in [-0.05, 0) is 49.1 Å². The van der Waals surface area contributed by atoms with Crippen molar-refractivity contribution in [2.75, 3.05) is 14.2 Å². The predicted molar refractivity (Wildman–Crippen MR) is 107 cm³/mol. The molecular formula is C21H26N4O3. The molecule has 3 unspecified atom stereocenters. The molecule has 0 radical (unpaired) electrons. The van der Waals surface area contributed by atoms with E-state index in [1.165, 1.54) is 6.42 Å². The molecule has 0 aliphatic carbocycles. The molecule has 2 fully saturated rings. The van der Waals surface area contributed by atoms with Crippen LogP contribution in [0, 0.1) is 0 Å². The van der Waals surface area contributed by atoms with Gasteiger partial charge in [0.1, 0.15) is 11.5 Å². The van der Waals surface area contributed by atoms with E-state index in [2.05, 4.69) is 20.6 Å². The Balaban J connectivity index is 1.27. The molecule has 0 spiro atoms. The molecule has 2 saturated heterocycles. The molecule has 148 valence electrons. The quantitative estimate of drug-likeness (QED) is 0.591. The summed E-state index contributed by atoms with van der Waals surface area (Å²) in [5, 5.41) is 6.82. The summed E-state index contributed by atoms with van der Waals surface area (Å²) in [6.45, 7) is 0.636. The van der Waals surface area contributed by atoms with Gasteiger partial charge < -0.3 is 24.8 Å². The smallest absolute Gasteiger partial charge is 0.219 e. The molecule has 3 heterocycles. The molecule has 2 aliphatic rings. The summed E-state index contributed by atoms with van der Waals surface area (Å²) in [5.41, 5.74) is 1.05. The van der Waals surface area contributed by atoms with Crippen molar-refractivity contribution in [1.82, 2.24) is 15.6 Å². The molecule has 28 heavy (non-hydrogen) atoms. The summed E-state index contributed by atoms with van der Waals surface area (Å²) in [5.74, 6) is 2.85. The number of hydrogen-bond acceptors (Lipinski definition) is 5. The van der Waals surface area contributed by atoms with Crippen molar-refractivity contribution < 1.29 is 14.2 Å². The van der Waals surface area contributed by atoms with Gasteiger partial charge in [0.25, 0.3) is 0 Å². The molecule has 0 amide bonds. The average molecular weight is 382 g/mol. The van der Waals surface area contributed by atoms with E-state index in [-0.39, 0.29) is 0 Å². The third-order valence-corrected chi connectivity index (χ3v) is 5.19. The summed E-state index contributed by atoms with van der Waals surface area (Å²) in [4.78, 5) is 8.70. The summed E-state index contributed by atoms with van der Waals surface area (Å²) >= 11 is 0. The highest BCUT2D eigenvalue weighted by atomic mass is 16.5. The van der Waals surface area contributed by atoms with Crippen LogP contribution in [0.4, 0.5) is 0 Å². The number of rotatable bonds is 6. The Hall–Kier alpha value is -2.80. The molecule has 7 heteroatoms. The van der Waals surface area contributed by atoms with Gasteiger partial charge in [0.2, 0.25) is 5.88 Å². The number of guanidine groups is 1. The van der Waals surface area contributed by atoms with E-state index in [1.807, 2.05) is 36.4 Å². The molecular weight excluding hydrogens is 356 g/mol. The second-order valence-corrected chi connectivity index (χ2v) is 7.07. The second kappa shape index (κ2) is 8.48. The lowest BCUT2D eigenvalue weighted by atomic mass is 9.96. The average Bonchev–Trinajstić information content (AvgIpc) is 3.36. The number of nitrogens with zero attached hydrogens (tertiary/aromatic N) is 2. The van der Waals surface area contributed by atoms with E-state index < -0.39 is 0 Å². The van der Waals surface area contributed by atoms with E-state index in [0.29, 0.717) is 30.7 Å². The highest BCUT2D eigenvalue weighted by Gasteiger charge is 2.41. The third-order valence-electron chi connectivity index (χ3n) is 5.19. The lowest BCUT2D eigenvalue weighted by Gasteiger charge is -2.22. The van der Waals surface area contributed by atoms with Crippen LogP contribution in [-0.2, 0) is 11.3 Å². The van der Waals surface area contributed by atoms with Gasteiger partial charge in [-0.2, -0.15) is 0 Å². The summed E-state index contributed by atoms with van der Waals surface area (Å²) in [7, 11) is 3.42. The Bertz CT molecular complexity index is 807. The Morgan fingerprint density at radius 3 is 2.61 bits per heavy atom. The maximum atomic E-state index is 5.89. The number of hydrogen-bond donors (Lipinski definition) is 2. The zero-order valence-electron chi connectivity index (χ0n) is 16.2. The minimum Gasteiger partial charge on any atom is -0.497 e. The van der Waals surface area contributed by atoms with Crippen molar-refractivity contribution >= 4 is 5.96 Å². The van der Waals surface area contributed by atoms with E-state index >= 15 is 0 Å². The van der Waals surface area contributed by atoms with E-state index in [0.717, 1.165) is 35.9 Å². The summed E-state index contributed by atoms with van der Waals surface area (Å²) in [6, 6.07) is 11.6. The van der Waals surface area contributed by atoms with Crippen molar-refractivity contribution in [3.63, 3.8) is 0 Å². The summed E-state index contributed by atoms with van der Waals surface area (Å²) in [6.07, 6.45) is 5.93. The fourth-order valence-corrected chi connectivity index (χ4v) is 3.69. The van der Waals surface area contributed by atoms with E-state index in [1.54, 1.807) is 20.4 Å². The van der Waals surface area contributed by atoms with E-state index in [9.17, 15) is 0 Å². The highest BCUT2D eigenvalue weighted by molar-refractivity contribution is 5.80. The molecule has 2 aliphatic heterocycles. The van der Waals surface area contributed by atoms with Crippen LogP contribution in [0.15, 0.2) is 47.6 Å². The standard InChI is InChI=1S/C21H26N4O3/c1-22-21(25-18-11-17-8-9-19(18)27-17)24-13-14-3-10-20(23-12-14)28-16-6-4-15(26-2)5-7-16/h3-7,10,12,17-19H,8-9,11,13H2,1-2H3,(H2,22,24,25). The molecule has 2 bridgehead atoms. The van der Waals surface area contributed by atoms with Gasteiger partial charge in [-0.3, -0.25) is 4.99 Å². The molecule has 1 aromatic carbocycles. The van der Waals surface area contributed by atoms with Crippen molar-refractivity contribution in [2.45, 2.75) is 44.1 Å². The number of ether oxygens (including phenoxy) is 3. The maximum Gasteiger partial charge on any atom is 0.219 e. The van der Waals surface area contributed by atoms with Crippen LogP contribution < -0.4 is 20.1 Å². The van der Waals surface area contributed by atoms with Crippen molar-refractivity contribution in [3.8, 4) is 17.4 Å². The first-order valence-corrected chi connectivity index (χ1v) is 9.63. The fraction of sp³-hybridized carbons (Fsp3) is 0.429. The lowest BCUT2D eigenvalue weighted by Crippen LogP contribution is -2.47. The first-order chi connectivity index (χ1) is 13.7. The number of nitrogens with one attached hydrogen (secondary N) is 2. The number of pyridine rings is 1. The Labute approximate surface area is 165 Å². The highest BCUT2D eigenvalue weighted by Crippen LogP contribution is 2.34. The fourth-order valence-electron chi connectivity index (χ4n) is 3.69. The van der Waals surface area contributed by atoms with Crippen molar-refractivity contribution in [3.05, 3.63) is 48.2 Å². The normalized spacial score (nSPS) is 23.5. The van der Waals surface area contributed by atoms with Crippen molar-refractivity contribution in [1.29, 1.82) is 0 Å². The lowest BCUT2D eigenvalue weighted by molar-refractivity contribution is 0.0992. The Kier molecular flexibility index (Phi) is 5.62. The van der Waals surface area contributed by atoms with Gasteiger partial charge in [-0.15, -0.1) is 0 Å². The van der Waals surface area contributed by atoms with Crippen LogP contribution >= 0.6 is 0 Å². The van der Waals surface area contributed by atoms with Crippen LogP contribution in [0.25, 0.3) is 0 Å². The largest absolute Gasteiger partial charge is 0.497 e. The summed E-state index contributed by atoms with van der Waals surface area (Å²) < 4.78 is 16.8. The minimum atomic E-state index is 0.319. The number of benzene rings is 1. The molecule has 2 N–H and O–H groups in total. The third kappa shape index (κ3) is 4.36. The molecule has 4 rings (SSSR count). The van der Waals surface area contributed by atoms with Crippen LogP contribution in [0.3, 0.4) is 0 Å². The topological polar surface area (TPSA) is 77.0 Å². The number of methoxy groups -OCH3 is 1. The van der Waals surface area contributed by atoms with Crippen molar-refractivity contribution in [2.24, 2.45) is 4.99 Å². The molecule has 2 aromatic rings. The number of fused-ring (bicyclic) bond motifs is 2. The molecule has 0 saturated carbocycles.